The van der Waals surface area contributed by atoms with Crippen molar-refractivity contribution >= 4 is 0 Å². The van der Waals surface area contributed by atoms with Gasteiger partial charge >= 0.3 is 0 Å². The molecule has 0 saturated heterocycles. The molecule has 0 spiro atoms. The molecule has 0 aliphatic carbocycles. The van der Waals surface area contributed by atoms with Gasteiger partial charge in [-0.25, -0.2) is 0 Å². The largest absolute Gasteiger partial charge is 0.315 e. The second-order valence-corrected chi connectivity index (χ2v) is 5.37. The molecule has 0 aromatic heterocycles. The van der Waals surface area contributed by atoms with Crippen LogP contribution in [0.25, 0.3) is 0 Å². The van der Waals surface area contributed by atoms with E-state index in [0.717, 1.165) is 25.6 Å². The number of rotatable bonds is 9. The molecule has 0 amide bonds. The highest BCUT2D eigenvalue weighted by atomic mass is 15.1. The van der Waals surface area contributed by atoms with E-state index in [-0.39, 0.29) is 0 Å². The first-order chi connectivity index (χ1) is 7.45. The van der Waals surface area contributed by atoms with Gasteiger partial charge in [0.2, 0.25) is 0 Å². The van der Waals surface area contributed by atoms with Gasteiger partial charge < -0.3 is 15.1 Å². The first-order valence-corrected chi connectivity index (χ1v) is 6.50. The standard InChI is InChI=1S/C13H31N3/c1-12(2)13(3)16(6)11-9-14-8-7-10-15(4)5/h12-14H,7-11H2,1-6H3. The van der Waals surface area contributed by atoms with E-state index in [0.29, 0.717) is 6.04 Å². The van der Waals surface area contributed by atoms with Crippen molar-refractivity contribution in [2.75, 3.05) is 47.3 Å². The number of hydrogen-bond acceptors (Lipinski definition) is 3. The lowest BCUT2D eigenvalue weighted by molar-refractivity contribution is 0.208. The molecule has 1 atom stereocenters. The van der Waals surface area contributed by atoms with Crippen molar-refractivity contribution < 1.29 is 0 Å². The number of hydrogen-bond donors (Lipinski definition) is 1. The van der Waals surface area contributed by atoms with Gasteiger partial charge in [-0.2, -0.15) is 0 Å². The van der Waals surface area contributed by atoms with Crippen LogP contribution in [-0.4, -0.2) is 63.2 Å². The molecule has 0 aliphatic rings. The number of nitrogens with one attached hydrogen (secondary N) is 1. The van der Waals surface area contributed by atoms with Crippen molar-refractivity contribution in [1.29, 1.82) is 0 Å². The van der Waals surface area contributed by atoms with Crippen LogP contribution >= 0.6 is 0 Å². The fourth-order valence-corrected chi connectivity index (χ4v) is 1.61. The summed E-state index contributed by atoms with van der Waals surface area (Å²) in [5.74, 6) is 0.735. The van der Waals surface area contributed by atoms with E-state index in [1.807, 2.05) is 0 Å². The minimum Gasteiger partial charge on any atom is -0.315 e. The van der Waals surface area contributed by atoms with E-state index < -0.39 is 0 Å². The Morgan fingerprint density at radius 1 is 0.938 bits per heavy atom. The number of likely N-dealkylation sites (N-methyl/N-ethyl adjacent to an activating group) is 1. The van der Waals surface area contributed by atoms with Crippen LogP contribution in [0.5, 0.6) is 0 Å². The molecule has 0 heterocycles. The van der Waals surface area contributed by atoms with Crippen molar-refractivity contribution in [1.82, 2.24) is 15.1 Å². The zero-order valence-electron chi connectivity index (χ0n) is 12.1. The molecule has 0 bridgehead atoms. The van der Waals surface area contributed by atoms with Gasteiger partial charge in [-0.05, 0) is 53.5 Å². The molecular formula is C13H31N3. The molecule has 0 saturated carbocycles. The minimum absolute atomic E-state index is 0.670. The first-order valence-electron chi connectivity index (χ1n) is 6.50. The van der Waals surface area contributed by atoms with Crippen LogP contribution in [0.4, 0.5) is 0 Å². The second-order valence-electron chi connectivity index (χ2n) is 5.37. The molecule has 16 heavy (non-hydrogen) atoms. The third kappa shape index (κ3) is 8.08. The molecule has 3 heteroatoms. The minimum atomic E-state index is 0.670. The molecule has 0 aromatic rings. The van der Waals surface area contributed by atoms with Crippen LogP contribution < -0.4 is 5.32 Å². The van der Waals surface area contributed by atoms with Gasteiger partial charge in [0.05, 0.1) is 0 Å². The maximum atomic E-state index is 3.50. The van der Waals surface area contributed by atoms with Crippen molar-refractivity contribution in [2.45, 2.75) is 33.2 Å². The monoisotopic (exact) mass is 229 g/mol. The lowest BCUT2D eigenvalue weighted by Crippen LogP contribution is -2.38. The van der Waals surface area contributed by atoms with Crippen LogP contribution in [-0.2, 0) is 0 Å². The highest BCUT2D eigenvalue weighted by molar-refractivity contribution is 4.67. The highest BCUT2D eigenvalue weighted by Gasteiger charge is 2.11. The van der Waals surface area contributed by atoms with E-state index in [1.165, 1.54) is 13.0 Å². The van der Waals surface area contributed by atoms with Gasteiger partial charge in [0.25, 0.3) is 0 Å². The molecular weight excluding hydrogens is 198 g/mol. The highest BCUT2D eigenvalue weighted by Crippen LogP contribution is 2.06. The lowest BCUT2D eigenvalue weighted by Gasteiger charge is -2.27. The fourth-order valence-electron chi connectivity index (χ4n) is 1.61. The summed E-state index contributed by atoms with van der Waals surface area (Å²) in [5, 5.41) is 3.50. The van der Waals surface area contributed by atoms with E-state index in [4.69, 9.17) is 0 Å². The van der Waals surface area contributed by atoms with Crippen LogP contribution in [0, 0.1) is 5.92 Å². The van der Waals surface area contributed by atoms with Gasteiger partial charge in [0.15, 0.2) is 0 Å². The lowest BCUT2D eigenvalue weighted by atomic mass is 10.1. The summed E-state index contributed by atoms with van der Waals surface area (Å²) in [6, 6.07) is 0.670. The van der Waals surface area contributed by atoms with Crippen molar-refractivity contribution in [3.63, 3.8) is 0 Å². The Labute approximate surface area is 102 Å². The summed E-state index contributed by atoms with van der Waals surface area (Å²) in [6.07, 6.45) is 1.23. The van der Waals surface area contributed by atoms with Gasteiger partial charge in [0.1, 0.15) is 0 Å². The third-order valence-electron chi connectivity index (χ3n) is 3.26. The predicted octanol–water partition coefficient (Wildman–Crippen LogP) is 1.50. The molecule has 0 aromatic carbocycles. The summed E-state index contributed by atoms with van der Waals surface area (Å²) in [6.45, 7) is 11.4. The molecule has 98 valence electrons. The van der Waals surface area contributed by atoms with E-state index >= 15 is 0 Å². The Balaban J connectivity index is 3.37. The van der Waals surface area contributed by atoms with Crippen molar-refractivity contribution in [2.24, 2.45) is 5.92 Å². The Bertz CT molecular complexity index is 157. The van der Waals surface area contributed by atoms with Gasteiger partial charge in [-0.1, -0.05) is 13.8 Å². The van der Waals surface area contributed by atoms with E-state index in [2.05, 4.69) is 57.0 Å². The van der Waals surface area contributed by atoms with Crippen molar-refractivity contribution in [3.8, 4) is 0 Å². The van der Waals surface area contributed by atoms with Crippen LogP contribution in [0.1, 0.15) is 27.2 Å². The predicted molar refractivity (Wildman–Crippen MR) is 73.0 cm³/mol. The zero-order valence-corrected chi connectivity index (χ0v) is 12.1. The SMILES string of the molecule is CC(C)C(C)N(C)CCNCCCN(C)C. The quantitative estimate of drug-likeness (QED) is 0.605. The molecule has 3 nitrogen and oxygen atoms in total. The molecule has 0 aliphatic heterocycles. The van der Waals surface area contributed by atoms with E-state index in [1.54, 1.807) is 0 Å². The van der Waals surface area contributed by atoms with Gasteiger partial charge in [-0.3, -0.25) is 0 Å². The Kier molecular flexibility index (Phi) is 8.90. The third-order valence-corrected chi connectivity index (χ3v) is 3.26. The van der Waals surface area contributed by atoms with Gasteiger partial charge in [-0.15, -0.1) is 0 Å². The normalized spacial score (nSPS) is 14.1. The fraction of sp³-hybridized carbons (Fsp3) is 1.00. The average Bonchev–Trinajstić information content (AvgIpc) is 2.21. The summed E-state index contributed by atoms with van der Waals surface area (Å²) in [7, 11) is 6.46. The molecule has 0 radical (unpaired) electrons. The summed E-state index contributed by atoms with van der Waals surface area (Å²) in [4.78, 5) is 4.66. The smallest absolute Gasteiger partial charge is 0.0107 e. The zero-order chi connectivity index (χ0) is 12.6. The molecule has 0 rings (SSSR count). The number of nitrogens with zero attached hydrogens (tertiary/aromatic N) is 2. The average molecular weight is 229 g/mol. The van der Waals surface area contributed by atoms with Gasteiger partial charge in [0, 0.05) is 19.1 Å². The topological polar surface area (TPSA) is 18.5 Å². The summed E-state index contributed by atoms with van der Waals surface area (Å²) < 4.78 is 0. The summed E-state index contributed by atoms with van der Waals surface area (Å²) in [5.41, 5.74) is 0. The van der Waals surface area contributed by atoms with Crippen molar-refractivity contribution in [3.05, 3.63) is 0 Å². The van der Waals surface area contributed by atoms with Crippen LogP contribution in [0.2, 0.25) is 0 Å². The first kappa shape index (κ1) is 15.9. The second kappa shape index (κ2) is 8.97. The Morgan fingerprint density at radius 3 is 2.06 bits per heavy atom. The Morgan fingerprint density at radius 2 is 1.56 bits per heavy atom. The maximum Gasteiger partial charge on any atom is 0.0107 e. The van der Waals surface area contributed by atoms with Crippen LogP contribution in [0.15, 0.2) is 0 Å². The molecule has 1 N–H and O–H groups in total. The van der Waals surface area contributed by atoms with Crippen LogP contribution in [0.3, 0.4) is 0 Å². The summed E-state index contributed by atoms with van der Waals surface area (Å²) >= 11 is 0. The Hall–Kier alpha value is -0.120. The maximum absolute atomic E-state index is 3.50. The molecule has 0 fully saturated rings. The van der Waals surface area contributed by atoms with E-state index in [9.17, 15) is 0 Å². The molecule has 1 unspecified atom stereocenters.